The molecule has 1 aliphatic heterocycles. The van der Waals surface area contributed by atoms with Crippen LogP contribution in [0.1, 0.15) is 12.8 Å². The number of hydrogen-bond acceptors (Lipinski definition) is 5. The van der Waals surface area contributed by atoms with Crippen molar-refractivity contribution >= 4 is 29.2 Å². The van der Waals surface area contributed by atoms with Crippen molar-refractivity contribution in [1.29, 1.82) is 5.26 Å². The molecule has 7 heteroatoms. The van der Waals surface area contributed by atoms with Crippen LogP contribution in [-0.4, -0.2) is 34.0 Å². The van der Waals surface area contributed by atoms with Gasteiger partial charge in [-0.25, -0.2) is 9.97 Å². The lowest BCUT2D eigenvalue weighted by Gasteiger charge is -2.29. The average Bonchev–Trinajstić information content (AvgIpc) is 2.28. The monoisotopic (exact) mass is 271 g/mol. The second kappa shape index (κ2) is 5.39. The minimum atomic E-state index is 0.151. The third kappa shape index (κ3) is 3.35. The van der Waals surface area contributed by atoms with Crippen molar-refractivity contribution in [3.05, 3.63) is 16.4 Å². The Kier molecular flexibility index (Phi) is 3.87. The van der Waals surface area contributed by atoms with Gasteiger partial charge in [-0.15, -0.1) is 0 Å². The lowest BCUT2D eigenvalue weighted by Crippen LogP contribution is -2.39. The van der Waals surface area contributed by atoms with Gasteiger partial charge in [0.1, 0.15) is 10.3 Å². The molecule has 1 N–H and O–H groups in total. The molecule has 0 aliphatic carbocycles. The third-order valence-electron chi connectivity index (χ3n) is 2.56. The summed E-state index contributed by atoms with van der Waals surface area (Å²) in [5.74, 6) is 0.410. The van der Waals surface area contributed by atoms with E-state index >= 15 is 0 Å². The molecule has 0 saturated carbocycles. The molecule has 0 aromatic carbocycles. The largest absolute Gasteiger partial charge is 0.350 e. The molecule has 0 bridgehead atoms. The molecule has 90 valence electrons. The predicted molar refractivity (Wildman–Crippen MR) is 65.9 cm³/mol. The van der Waals surface area contributed by atoms with Crippen LogP contribution in [0.5, 0.6) is 0 Å². The first kappa shape index (κ1) is 12.2. The van der Waals surface area contributed by atoms with Gasteiger partial charge in [-0.1, -0.05) is 23.2 Å². The van der Waals surface area contributed by atoms with Crippen LogP contribution < -0.4 is 5.32 Å². The number of likely N-dealkylation sites (tertiary alicyclic amines) is 1. The first-order valence-electron chi connectivity index (χ1n) is 5.28. The number of aromatic nitrogens is 2. The molecule has 1 aromatic heterocycles. The zero-order chi connectivity index (χ0) is 12.3. The van der Waals surface area contributed by atoms with Gasteiger partial charge in [-0.05, 0) is 12.8 Å². The van der Waals surface area contributed by atoms with Gasteiger partial charge in [0.15, 0.2) is 6.19 Å². The molecule has 2 rings (SSSR count). The normalized spacial score (nSPS) is 19.8. The SMILES string of the molecule is N#CN1CCC[C@H](Nc2nc(Cl)cc(Cl)n2)C1. The first-order chi connectivity index (χ1) is 8.17. The van der Waals surface area contributed by atoms with Crippen molar-refractivity contribution in [1.82, 2.24) is 14.9 Å². The summed E-state index contributed by atoms with van der Waals surface area (Å²) in [6.07, 6.45) is 4.09. The van der Waals surface area contributed by atoms with Crippen LogP contribution in [-0.2, 0) is 0 Å². The minimum absolute atomic E-state index is 0.151. The molecule has 1 fully saturated rings. The lowest BCUT2D eigenvalue weighted by atomic mass is 10.1. The maximum Gasteiger partial charge on any atom is 0.225 e. The quantitative estimate of drug-likeness (QED) is 0.660. The van der Waals surface area contributed by atoms with Crippen LogP contribution in [0.25, 0.3) is 0 Å². The van der Waals surface area contributed by atoms with E-state index in [9.17, 15) is 0 Å². The maximum absolute atomic E-state index is 8.84. The fraction of sp³-hybridized carbons (Fsp3) is 0.500. The average molecular weight is 272 g/mol. The number of nitriles is 1. The molecule has 1 aliphatic rings. The Labute approximate surface area is 109 Å². The van der Waals surface area contributed by atoms with Crippen molar-refractivity contribution in [3.8, 4) is 6.19 Å². The Bertz CT molecular complexity index is 425. The van der Waals surface area contributed by atoms with Gasteiger partial charge in [0.25, 0.3) is 0 Å². The van der Waals surface area contributed by atoms with Crippen LogP contribution in [0.3, 0.4) is 0 Å². The van der Waals surface area contributed by atoms with E-state index in [4.69, 9.17) is 28.5 Å². The summed E-state index contributed by atoms with van der Waals surface area (Å²) >= 11 is 11.6. The zero-order valence-corrected chi connectivity index (χ0v) is 10.5. The molecule has 0 amide bonds. The lowest BCUT2D eigenvalue weighted by molar-refractivity contribution is 0.302. The Hall–Kier alpha value is -1.25. The minimum Gasteiger partial charge on any atom is -0.350 e. The van der Waals surface area contributed by atoms with Gasteiger partial charge >= 0.3 is 0 Å². The molecule has 1 saturated heterocycles. The summed E-state index contributed by atoms with van der Waals surface area (Å²) in [6.45, 7) is 1.47. The van der Waals surface area contributed by atoms with Gasteiger partial charge in [0.2, 0.25) is 5.95 Å². The summed E-state index contributed by atoms with van der Waals surface area (Å²) in [4.78, 5) is 9.79. The highest BCUT2D eigenvalue weighted by atomic mass is 35.5. The molecule has 0 unspecified atom stereocenters. The fourth-order valence-corrected chi connectivity index (χ4v) is 2.25. The van der Waals surface area contributed by atoms with Crippen LogP contribution in [0.4, 0.5) is 5.95 Å². The molecule has 1 atom stereocenters. The predicted octanol–water partition coefficient (Wildman–Crippen LogP) is 2.14. The van der Waals surface area contributed by atoms with Gasteiger partial charge in [-0.3, -0.25) is 0 Å². The standard InChI is InChI=1S/C10H11Cl2N5/c11-8-4-9(12)16-10(15-8)14-7-2-1-3-17(5-7)6-13/h4,7H,1-3,5H2,(H,14,15,16)/t7-/m0/s1. The Balaban J connectivity index is 2.03. The number of nitrogens with zero attached hydrogens (tertiary/aromatic N) is 4. The molecule has 0 radical (unpaired) electrons. The Morgan fingerprint density at radius 1 is 1.41 bits per heavy atom. The number of hydrogen-bond donors (Lipinski definition) is 1. The van der Waals surface area contributed by atoms with Crippen LogP contribution in [0.2, 0.25) is 10.3 Å². The van der Waals surface area contributed by atoms with E-state index in [2.05, 4.69) is 21.5 Å². The summed E-state index contributed by atoms with van der Waals surface area (Å²) in [6, 6.07) is 1.63. The number of halogens is 2. The zero-order valence-electron chi connectivity index (χ0n) is 9.03. The number of anilines is 1. The molecule has 17 heavy (non-hydrogen) atoms. The highest BCUT2D eigenvalue weighted by Crippen LogP contribution is 2.17. The van der Waals surface area contributed by atoms with Crippen LogP contribution in [0.15, 0.2) is 6.07 Å². The van der Waals surface area contributed by atoms with Crippen LogP contribution >= 0.6 is 23.2 Å². The van der Waals surface area contributed by atoms with E-state index in [1.165, 1.54) is 6.07 Å². The van der Waals surface area contributed by atoms with E-state index in [1.54, 1.807) is 4.90 Å². The summed E-state index contributed by atoms with van der Waals surface area (Å²) in [5.41, 5.74) is 0. The second-order valence-electron chi connectivity index (χ2n) is 3.87. The summed E-state index contributed by atoms with van der Waals surface area (Å²) in [5, 5.41) is 12.6. The molecular weight excluding hydrogens is 261 g/mol. The van der Waals surface area contributed by atoms with E-state index in [1.807, 2.05) is 0 Å². The third-order valence-corrected chi connectivity index (χ3v) is 2.95. The fourth-order valence-electron chi connectivity index (χ4n) is 1.82. The highest BCUT2D eigenvalue weighted by molar-refractivity contribution is 6.33. The van der Waals surface area contributed by atoms with Crippen molar-refractivity contribution in [3.63, 3.8) is 0 Å². The molecule has 2 heterocycles. The van der Waals surface area contributed by atoms with E-state index in [0.29, 0.717) is 22.8 Å². The van der Waals surface area contributed by atoms with Crippen molar-refractivity contribution in [2.75, 3.05) is 18.4 Å². The smallest absolute Gasteiger partial charge is 0.225 e. The maximum atomic E-state index is 8.84. The van der Waals surface area contributed by atoms with Crippen molar-refractivity contribution < 1.29 is 0 Å². The van der Waals surface area contributed by atoms with E-state index in [-0.39, 0.29) is 6.04 Å². The second-order valence-corrected chi connectivity index (χ2v) is 4.64. The van der Waals surface area contributed by atoms with Gasteiger partial charge in [0.05, 0.1) is 0 Å². The van der Waals surface area contributed by atoms with Crippen LogP contribution in [0, 0.1) is 11.5 Å². The van der Waals surface area contributed by atoms with Gasteiger partial charge < -0.3 is 10.2 Å². The number of piperidine rings is 1. The molecular formula is C10H11Cl2N5. The highest BCUT2D eigenvalue weighted by Gasteiger charge is 2.19. The van der Waals surface area contributed by atoms with Crippen molar-refractivity contribution in [2.24, 2.45) is 0 Å². The van der Waals surface area contributed by atoms with E-state index in [0.717, 1.165) is 19.4 Å². The van der Waals surface area contributed by atoms with Gasteiger partial charge in [0, 0.05) is 25.2 Å². The topological polar surface area (TPSA) is 64.8 Å². The Morgan fingerprint density at radius 3 is 2.76 bits per heavy atom. The van der Waals surface area contributed by atoms with Crippen molar-refractivity contribution in [2.45, 2.75) is 18.9 Å². The summed E-state index contributed by atoms with van der Waals surface area (Å²) in [7, 11) is 0. The Morgan fingerprint density at radius 2 is 2.12 bits per heavy atom. The first-order valence-corrected chi connectivity index (χ1v) is 6.04. The molecule has 5 nitrogen and oxygen atoms in total. The summed E-state index contributed by atoms with van der Waals surface area (Å²) < 4.78 is 0. The van der Waals surface area contributed by atoms with Gasteiger partial charge in [-0.2, -0.15) is 5.26 Å². The number of nitrogens with one attached hydrogen (secondary N) is 1. The molecule has 1 aromatic rings. The molecule has 0 spiro atoms. The number of rotatable bonds is 2. The van der Waals surface area contributed by atoms with E-state index < -0.39 is 0 Å².